The molecular weight excluding hydrogens is 278 g/mol. The standard InChI is InChI=1S/C13H13N3O3S/c14-13-15-10(8-20-13)12(19)16(7-6-11(17)18)9-4-2-1-3-5-9/h1-5,8H,6-7H2,(H2,14,15)(H,17,18). The maximum Gasteiger partial charge on any atom is 0.305 e. The SMILES string of the molecule is Nc1nc(C(=O)N(CCC(=O)O)c2ccccc2)cs1. The molecule has 2 aromatic rings. The first-order chi connectivity index (χ1) is 9.58. The Bertz CT molecular complexity index is 612. The monoisotopic (exact) mass is 291 g/mol. The lowest BCUT2D eigenvalue weighted by molar-refractivity contribution is -0.136. The van der Waals surface area contributed by atoms with E-state index >= 15 is 0 Å². The quantitative estimate of drug-likeness (QED) is 0.876. The molecule has 1 heterocycles. The van der Waals surface area contributed by atoms with Crippen molar-refractivity contribution in [1.82, 2.24) is 4.98 Å². The zero-order valence-electron chi connectivity index (χ0n) is 10.5. The highest BCUT2D eigenvalue weighted by atomic mass is 32.1. The van der Waals surface area contributed by atoms with Gasteiger partial charge >= 0.3 is 5.97 Å². The van der Waals surface area contributed by atoms with Crippen LogP contribution in [-0.4, -0.2) is 28.5 Å². The van der Waals surface area contributed by atoms with Crippen LogP contribution < -0.4 is 10.6 Å². The molecule has 20 heavy (non-hydrogen) atoms. The minimum Gasteiger partial charge on any atom is -0.481 e. The van der Waals surface area contributed by atoms with Crippen molar-refractivity contribution in [2.75, 3.05) is 17.2 Å². The summed E-state index contributed by atoms with van der Waals surface area (Å²) in [5, 5.41) is 10.7. The van der Waals surface area contributed by atoms with Gasteiger partial charge in [-0.05, 0) is 12.1 Å². The smallest absolute Gasteiger partial charge is 0.305 e. The molecule has 0 aliphatic heterocycles. The molecule has 6 nitrogen and oxygen atoms in total. The topological polar surface area (TPSA) is 96.5 Å². The number of hydrogen-bond acceptors (Lipinski definition) is 5. The van der Waals surface area contributed by atoms with E-state index in [-0.39, 0.29) is 24.6 Å². The van der Waals surface area contributed by atoms with E-state index in [2.05, 4.69) is 4.98 Å². The molecule has 0 fully saturated rings. The zero-order valence-corrected chi connectivity index (χ0v) is 11.3. The van der Waals surface area contributed by atoms with Gasteiger partial charge in [0.1, 0.15) is 5.69 Å². The highest BCUT2D eigenvalue weighted by Crippen LogP contribution is 2.19. The van der Waals surface area contributed by atoms with Crippen molar-refractivity contribution in [2.24, 2.45) is 0 Å². The molecule has 0 saturated heterocycles. The number of para-hydroxylation sites is 1. The van der Waals surface area contributed by atoms with Crippen LogP contribution in [0.4, 0.5) is 10.8 Å². The lowest BCUT2D eigenvalue weighted by Crippen LogP contribution is -2.33. The van der Waals surface area contributed by atoms with E-state index in [1.165, 1.54) is 16.2 Å². The van der Waals surface area contributed by atoms with Gasteiger partial charge in [0.25, 0.3) is 5.91 Å². The maximum atomic E-state index is 12.4. The summed E-state index contributed by atoms with van der Waals surface area (Å²) in [6.07, 6.45) is -0.139. The van der Waals surface area contributed by atoms with Gasteiger partial charge in [0.2, 0.25) is 0 Å². The third-order valence-electron chi connectivity index (χ3n) is 2.60. The van der Waals surface area contributed by atoms with Crippen molar-refractivity contribution in [2.45, 2.75) is 6.42 Å². The average Bonchev–Trinajstić information content (AvgIpc) is 2.86. The molecule has 0 spiro atoms. The van der Waals surface area contributed by atoms with E-state index in [9.17, 15) is 9.59 Å². The number of anilines is 2. The second-order valence-corrected chi connectivity index (χ2v) is 4.90. The highest BCUT2D eigenvalue weighted by Gasteiger charge is 2.20. The Morgan fingerprint density at radius 2 is 2.00 bits per heavy atom. The third kappa shape index (κ3) is 3.33. The van der Waals surface area contributed by atoms with E-state index < -0.39 is 5.97 Å². The van der Waals surface area contributed by atoms with Crippen molar-refractivity contribution >= 4 is 34.0 Å². The molecule has 104 valence electrons. The van der Waals surface area contributed by atoms with Crippen LogP contribution in [0.3, 0.4) is 0 Å². The van der Waals surface area contributed by atoms with Crippen molar-refractivity contribution in [3.8, 4) is 0 Å². The van der Waals surface area contributed by atoms with Gasteiger partial charge in [-0.25, -0.2) is 4.98 Å². The molecule has 1 aromatic carbocycles. The number of thiazole rings is 1. The molecular formula is C13H13N3O3S. The van der Waals surface area contributed by atoms with E-state index in [1.807, 2.05) is 6.07 Å². The van der Waals surface area contributed by atoms with Crippen LogP contribution >= 0.6 is 11.3 Å². The summed E-state index contributed by atoms with van der Waals surface area (Å²) in [5.74, 6) is -1.32. The summed E-state index contributed by atoms with van der Waals surface area (Å²) in [5.41, 5.74) is 6.37. The minimum atomic E-state index is -0.962. The van der Waals surface area contributed by atoms with Gasteiger partial charge in [-0.15, -0.1) is 11.3 Å². The molecule has 0 atom stereocenters. The molecule has 7 heteroatoms. The molecule has 0 bridgehead atoms. The van der Waals surface area contributed by atoms with Gasteiger partial charge in [0, 0.05) is 17.6 Å². The fraction of sp³-hybridized carbons (Fsp3) is 0.154. The Morgan fingerprint density at radius 3 is 2.55 bits per heavy atom. The third-order valence-corrected chi connectivity index (χ3v) is 3.28. The van der Waals surface area contributed by atoms with Crippen molar-refractivity contribution in [3.05, 3.63) is 41.4 Å². The van der Waals surface area contributed by atoms with Crippen molar-refractivity contribution in [3.63, 3.8) is 0 Å². The van der Waals surface area contributed by atoms with E-state index in [0.29, 0.717) is 10.8 Å². The number of amides is 1. The lowest BCUT2D eigenvalue weighted by atomic mass is 10.2. The van der Waals surface area contributed by atoms with Crippen LogP contribution in [0.5, 0.6) is 0 Å². The van der Waals surface area contributed by atoms with Crippen molar-refractivity contribution < 1.29 is 14.7 Å². The van der Waals surface area contributed by atoms with Gasteiger partial charge in [-0.2, -0.15) is 0 Å². The number of nitrogens with zero attached hydrogens (tertiary/aromatic N) is 2. The Morgan fingerprint density at radius 1 is 1.30 bits per heavy atom. The molecule has 3 N–H and O–H groups in total. The molecule has 1 aromatic heterocycles. The van der Waals surface area contributed by atoms with Gasteiger partial charge in [-0.1, -0.05) is 18.2 Å². The molecule has 0 radical (unpaired) electrons. The first-order valence-corrected chi connectivity index (χ1v) is 6.75. The number of aromatic nitrogens is 1. The van der Waals surface area contributed by atoms with Gasteiger partial charge in [0.05, 0.1) is 6.42 Å². The number of nitrogens with two attached hydrogens (primary N) is 1. The average molecular weight is 291 g/mol. The van der Waals surface area contributed by atoms with Crippen LogP contribution in [0.2, 0.25) is 0 Å². The minimum absolute atomic E-state index is 0.0790. The van der Waals surface area contributed by atoms with Crippen LogP contribution in [0, 0.1) is 0 Å². The van der Waals surface area contributed by atoms with E-state index in [1.54, 1.807) is 29.6 Å². The summed E-state index contributed by atoms with van der Waals surface area (Å²) in [6.45, 7) is 0.0790. The summed E-state index contributed by atoms with van der Waals surface area (Å²) in [7, 11) is 0. The number of carboxylic acid groups (broad SMARTS) is 1. The fourth-order valence-corrected chi connectivity index (χ4v) is 2.22. The van der Waals surface area contributed by atoms with E-state index in [0.717, 1.165) is 0 Å². The van der Waals surface area contributed by atoms with Crippen LogP contribution in [0.25, 0.3) is 0 Å². The fourth-order valence-electron chi connectivity index (χ4n) is 1.69. The summed E-state index contributed by atoms with van der Waals surface area (Å²) in [4.78, 5) is 28.5. The number of carbonyl (C=O) groups is 2. The van der Waals surface area contributed by atoms with Gasteiger partial charge in [-0.3, -0.25) is 9.59 Å². The maximum absolute atomic E-state index is 12.4. The van der Waals surface area contributed by atoms with Crippen LogP contribution in [0.1, 0.15) is 16.9 Å². The summed E-state index contributed by atoms with van der Waals surface area (Å²) < 4.78 is 0. The Hall–Kier alpha value is -2.41. The lowest BCUT2D eigenvalue weighted by Gasteiger charge is -2.21. The van der Waals surface area contributed by atoms with E-state index in [4.69, 9.17) is 10.8 Å². The Labute approximate surface area is 119 Å². The largest absolute Gasteiger partial charge is 0.481 e. The van der Waals surface area contributed by atoms with Gasteiger partial charge < -0.3 is 15.7 Å². The molecule has 0 aliphatic rings. The van der Waals surface area contributed by atoms with Gasteiger partial charge in [0.15, 0.2) is 5.13 Å². The Balaban J connectivity index is 2.26. The second kappa shape index (κ2) is 6.16. The molecule has 1 amide bonds. The molecule has 0 unspecified atom stereocenters. The summed E-state index contributed by atoms with van der Waals surface area (Å²) >= 11 is 1.17. The number of hydrogen-bond donors (Lipinski definition) is 2. The van der Waals surface area contributed by atoms with Crippen LogP contribution in [-0.2, 0) is 4.79 Å². The number of carbonyl (C=O) groups excluding carboxylic acids is 1. The second-order valence-electron chi connectivity index (χ2n) is 4.01. The highest BCUT2D eigenvalue weighted by molar-refractivity contribution is 7.13. The normalized spacial score (nSPS) is 10.2. The van der Waals surface area contributed by atoms with Crippen molar-refractivity contribution in [1.29, 1.82) is 0 Å². The molecule has 0 saturated carbocycles. The zero-order chi connectivity index (χ0) is 14.5. The first kappa shape index (κ1) is 14.0. The first-order valence-electron chi connectivity index (χ1n) is 5.87. The number of aliphatic carboxylic acids is 1. The van der Waals surface area contributed by atoms with Crippen LogP contribution in [0.15, 0.2) is 35.7 Å². The summed E-state index contributed by atoms with van der Waals surface area (Å²) in [6, 6.07) is 8.88. The number of benzene rings is 1. The number of carboxylic acids is 1. The predicted octanol–water partition coefficient (Wildman–Crippen LogP) is 1.85. The molecule has 2 rings (SSSR count). The number of rotatable bonds is 5. The number of nitrogen functional groups attached to an aromatic ring is 1. The Kier molecular flexibility index (Phi) is 4.31. The molecule has 0 aliphatic carbocycles. The predicted molar refractivity (Wildman–Crippen MR) is 76.9 cm³/mol.